The van der Waals surface area contributed by atoms with E-state index in [0.717, 1.165) is 45.7 Å². The first-order valence-corrected chi connectivity index (χ1v) is 10.1. The summed E-state index contributed by atoms with van der Waals surface area (Å²) in [5, 5.41) is 5.91. The molecular formula is C24H22F3N3O. The minimum absolute atomic E-state index is 0.282. The van der Waals surface area contributed by atoms with Crippen molar-refractivity contribution in [3.63, 3.8) is 0 Å². The van der Waals surface area contributed by atoms with Crippen LogP contribution >= 0.6 is 0 Å². The number of aromatic nitrogens is 1. The van der Waals surface area contributed by atoms with Crippen LogP contribution in [-0.2, 0) is 11.3 Å². The van der Waals surface area contributed by atoms with Crippen LogP contribution in [0.1, 0.15) is 37.1 Å². The van der Waals surface area contributed by atoms with E-state index in [9.17, 15) is 18.0 Å². The first kappa shape index (κ1) is 20.9. The van der Waals surface area contributed by atoms with E-state index in [0.29, 0.717) is 17.8 Å². The highest BCUT2D eigenvalue weighted by Crippen LogP contribution is 2.33. The normalized spacial score (nSPS) is 15.5. The number of fused-ring (bicyclic) bond motifs is 1. The molecule has 0 saturated heterocycles. The maximum atomic E-state index is 14.2. The van der Waals surface area contributed by atoms with E-state index in [1.54, 1.807) is 13.0 Å². The Kier molecular flexibility index (Phi) is 5.21. The molecule has 0 fully saturated rings. The molecule has 7 heteroatoms. The number of carbonyl (C=O) groups is 1. The third-order valence-electron chi connectivity index (χ3n) is 5.54. The fourth-order valence-electron chi connectivity index (χ4n) is 3.98. The Morgan fingerprint density at radius 3 is 2.42 bits per heavy atom. The maximum absolute atomic E-state index is 14.2. The van der Waals surface area contributed by atoms with Crippen LogP contribution in [0.25, 0.3) is 17.0 Å². The van der Waals surface area contributed by atoms with Crippen LogP contribution in [0.15, 0.2) is 41.0 Å². The Hall–Kier alpha value is -3.35. The Morgan fingerprint density at radius 2 is 1.71 bits per heavy atom. The lowest BCUT2D eigenvalue weighted by molar-refractivity contribution is -0.114. The Morgan fingerprint density at radius 1 is 1.00 bits per heavy atom. The fourth-order valence-corrected chi connectivity index (χ4v) is 3.98. The Balaban J connectivity index is 1.84. The lowest BCUT2D eigenvalue weighted by Crippen LogP contribution is -2.22. The number of hydrogen-bond donors (Lipinski definition) is 0. The molecule has 0 unspecified atom stereocenters. The molecule has 0 aliphatic carbocycles. The van der Waals surface area contributed by atoms with Gasteiger partial charge in [0, 0.05) is 40.8 Å². The average Bonchev–Trinajstić information content (AvgIpc) is 3.14. The molecule has 0 N–H and O–H groups in total. The predicted molar refractivity (Wildman–Crippen MR) is 117 cm³/mol. The van der Waals surface area contributed by atoms with Gasteiger partial charge < -0.3 is 4.57 Å². The number of benzene rings is 2. The monoisotopic (exact) mass is 425 g/mol. The summed E-state index contributed by atoms with van der Waals surface area (Å²) >= 11 is 0. The van der Waals surface area contributed by atoms with Crippen LogP contribution in [0, 0.1) is 31.3 Å². The minimum Gasteiger partial charge on any atom is -0.344 e. The van der Waals surface area contributed by atoms with Crippen molar-refractivity contribution < 1.29 is 18.0 Å². The summed E-state index contributed by atoms with van der Waals surface area (Å²) in [5.74, 6) is -4.22. The van der Waals surface area contributed by atoms with E-state index in [4.69, 9.17) is 0 Å². The van der Waals surface area contributed by atoms with Gasteiger partial charge in [0.2, 0.25) is 0 Å². The number of aryl methyl sites for hydroxylation is 2. The second-order valence-electron chi connectivity index (χ2n) is 7.75. The highest BCUT2D eigenvalue weighted by Gasteiger charge is 2.32. The molecule has 0 spiro atoms. The smallest absolute Gasteiger partial charge is 0.280 e. The molecule has 2 heterocycles. The van der Waals surface area contributed by atoms with Gasteiger partial charge in [0.05, 0.1) is 11.3 Å². The van der Waals surface area contributed by atoms with Crippen molar-refractivity contribution in [2.24, 2.45) is 5.10 Å². The van der Waals surface area contributed by atoms with Gasteiger partial charge in [0.1, 0.15) is 5.69 Å². The highest BCUT2D eigenvalue weighted by molar-refractivity contribution is 6.32. The lowest BCUT2D eigenvalue weighted by Gasteiger charge is -2.13. The van der Waals surface area contributed by atoms with Crippen LogP contribution in [0.2, 0.25) is 0 Å². The SMILES string of the molecule is CCCn1c(C)c(/C=C2/C(=O)N(c3cc(F)c(F)cc3F)N=C2C)c2cc(C)ccc21. The van der Waals surface area contributed by atoms with E-state index in [1.807, 2.05) is 19.9 Å². The molecule has 4 rings (SSSR count). The third kappa shape index (κ3) is 3.44. The van der Waals surface area contributed by atoms with Gasteiger partial charge >= 0.3 is 0 Å². The van der Waals surface area contributed by atoms with Gasteiger partial charge in [-0.05, 0) is 45.4 Å². The van der Waals surface area contributed by atoms with Gasteiger partial charge in [0.15, 0.2) is 17.5 Å². The summed E-state index contributed by atoms with van der Waals surface area (Å²) in [6.07, 6.45) is 2.71. The molecule has 1 amide bonds. The summed E-state index contributed by atoms with van der Waals surface area (Å²) in [6, 6.07) is 7.24. The molecule has 4 nitrogen and oxygen atoms in total. The number of amides is 1. The van der Waals surface area contributed by atoms with Gasteiger partial charge in [-0.3, -0.25) is 4.79 Å². The molecule has 3 aromatic rings. The van der Waals surface area contributed by atoms with Crippen LogP contribution in [0.3, 0.4) is 0 Å². The van der Waals surface area contributed by atoms with E-state index < -0.39 is 29.0 Å². The largest absolute Gasteiger partial charge is 0.344 e. The summed E-state index contributed by atoms with van der Waals surface area (Å²) in [6.45, 7) is 8.57. The number of carbonyl (C=O) groups excluding carboxylic acids is 1. The number of nitrogens with zero attached hydrogens (tertiary/aromatic N) is 3. The van der Waals surface area contributed by atoms with Gasteiger partial charge in [-0.15, -0.1) is 0 Å². The fraction of sp³-hybridized carbons (Fsp3) is 0.250. The summed E-state index contributed by atoms with van der Waals surface area (Å²) in [5.41, 5.74) is 4.29. The Bertz CT molecular complexity index is 1290. The zero-order valence-electron chi connectivity index (χ0n) is 17.8. The van der Waals surface area contributed by atoms with Crippen molar-refractivity contribution in [3.8, 4) is 0 Å². The Labute approximate surface area is 178 Å². The molecule has 1 aliphatic rings. The second kappa shape index (κ2) is 7.72. The second-order valence-corrected chi connectivity index (χ2v) is 7.75. The standard InChI is InChI=1S/C24H22F3N3O/c1-5-8-29-15(4)17(18-9-13(2)6-7-22(18)29)10-16-14(3)28-30(24(16)31)23-12-20(26)19(25)11-21(23)27/h6-7,9-12H,5,8H2,1-4H3/b16-10+. The van der Waals surface area contributed by atoms with Crippen LogP contribution in [-0.4, -0.2) is 16.2 Å². The zero-order chi connectivity index (χ0) is 22.4. The van der Waals surface area contributed by atoms with Gasteiger partial charge in [-0.1, -0.05) is 18.6 Å². The first-order valence-electron chi connectivity index (χ1n) is 10.1. The number of hydrazone groups is 1. The van der Waals surface area contributed by atoms with Crippen LogP contribution in [0.4, 0.5) is 18.9 Å². The third-order valence-corrected chi connectivity index (χ3v) is 5.54. The van der Waals surface area contributed by atoms with E-state index >= 15 is 0 Å². The quantitative estimate of drug-likeness (QED) is 0.379. The number of hydrogen-bond acceptors (Lipinski definition) is 2. The van der Waals surface area contributed by atoms with Crippen LogP contribution in [0.5, 0.6) is 0 Å². The molecule has 0 saturated carbocycles. The van der Waals surface area contributed by atoms with E-state index in [-0.39, 0.29) is 5.57 Å². The van der Waals surface area contributed by atoms with Crippen molar-refractivity contribution in [1.29, 1.82) is 0 Å². The van der Waals surface area contributed by atoms with Crippen molar-refractivity contribution in [2.45, 2.75) is 40.7 Å². The van der Waals surface area contributed by atoms with Gasteiger partial charge in [-0.25, -0.2) is 13.2 Å². The highest BCUT2D eigenvalue weighted by atomic mass is 19.2. The lowest BCUT2D eigenvalue weighted by atomic mass is 10.0. The summed E-state index contributed by atoms with van der Waals surface area (Å²) < 4.78 is 43.4. The van der Waals surface area contributed by atoms with E-state index in [2.05, 4.69) is 28.7 Å². The molecule has 1 aromatic heterocycles. The van der Waals surface area contributed by atoms with Crippen molar-refractivity contribution in [1.82, 2.24) is 4.57 Å². The number of anilines is 1. The molecule has 0 atom stereocenters. The van der Waals surface area contributed by atoms with Crippen molar-refractivity contribution in [3.05, 3.63) is 70.2 Å². The molecule has 0 bridgehead atoms. The predicted octanol–water partition coefficient (Wildman–Crippen LogP) is 5.89. The van der Waals surface area contributed by atoms with Crippen molar-refractivity contribution in [2.75, 3.05) is 5.01 Å². The molecule has 160 valence electrons. The average molecular weight is 425 g/mol. The molecule has 0 radical (unpaired) electrons. The molecular weight excluding hydrogens is 403 g/mol. The molecule has 31 heavy (non-hydrogen) atoms. The maximum Gasteiger partial charge on any atom is 0.280 e. The minimum atomic E-state index is -1.32. The molecule has 1 aliphatic heterocycles. The zero-order valence-corrected chi connectivity index (χ0v) is 17.8. The summed E-state index contributed by atoms with van der Waals surface area (Å²) in [4.78, 5) is 13.1. The van der Waals surface area contributed by atoms with Gasteiger partial charge in [0.25, 0.3) is 5.91 Å². The number of rotatable bonds is 4. The molecule has 2 aromatic carbocycles. The topological polar surface area (TPSA) is 37.6 Å². The van der Waals surface area contributed by atoms with Crippen LogP contribution < -0.4 is 5.01 Å². The first-order chi connectivity index (χ1) is 14.7. The number of halogens is 3. The van der Waals surface area contributed by atoms with Gasteiger partial charge in [-0.2, -0.15) is 10.1 Å². The summed E-state index contributed by atoms with van der Waals surface area (Å²) in [7, 11) is 0. The van der Waals surface area contributed by atoms with E-state index in [1.165, 1.54) is 0 Å². The van der Waals surface area contributed by atoms with Crippen molar-refractivity contribution >= 4 is 34.3 Å².